The van der Waals surface area contributed by atoms with E-state index in [1.165, 1.54) is 12.1 Å². The first-order valence-electron chi connectivity index (χ1n) is 6.44. The van der Waals surface area contributed by atoms with Crippen LogP contribution in [0.5, 0.6) is 5.75 Å². The van der Waals surface area contributed by atoms with Crippen LogP contribution in [-0.2, 0) is 14.8 Å². The van der Waals surface area contributed by atoms with Gasteiger partial charge in [-0.3, -0.25) is 0 Å². The van der Waals surface area contributed by atoms with E-state index in [-0.39, 0.29) is 27.3 Å². The first-order valence-corrected chi connectivity index (χ1v) is 8.74. The highest BCUT2D eigenvalue weighted by Gasteiger charge is 2.15. The number of primary sulfonamides is 1. The van der Waals surface area contributed by atoms with Gasteiger partial charge in [-0.2, -0.15) is 0 Å². The maximum atomic E-state index is 11.2. The van der Waals surface area contributed by atoms with Crippen molar-refractivity contribution in [2.24, 2.45) is 11.1 Å². The van der Waals surface area contributed by atoms with Crippen molar-refractivity contribution in [1.29, 1.82) is 0 Å². The minimum absolute atomic E-state index is 0.0914. The molecule has 0 fully saturated rings. The Bertz CT molecular complexity index is 553. The van der Waals surface area contributed by atoms with Crippen molar-refractivity contribution >= 4 is 33.2 Å². The summed E-state index contributed by atoms with van der Waals surface area (Å²) in [7, 11) is -3.85. The van der Waals surface area contributed by atoms with Gasteiger partial charge >= 0.3 is 0 Å². The molecule has 0 atom stereocenters. The molecule has 0 aliphatic carbocycles. The van der Waals surface area contributed by atoms with Crippen molar-refractivity contribution < 1.29 is 17.9 Å². The van der Waals surface area contributed by atoms with Crippen molar-refractivity contribution in [1.82, 2.24) is 0 Å². The van der Waals surface area contributed by atoms with E-state index in [2.05, 4.69) is 13.8 Å². The van der Waals surface area contributed by atoms with Crippen LogP contribution in [0.1, 0.15) is 20.3 Å². The molecule has 5 nitrogen and oxygen atoms in total. The van der Waals surface area contributed by atoms with Crippen molar-refractivity contribution in [3.8, 4) is 5.75 Å². The zero-order valence-corrected chi connectivity index (χ0v) is 14.3. The Balaban J connectivity index is 2.57. The maximum absolute atomic E-state index is 11.2. The SMILES string of the molecule is CC(C)CCOCCOc1c(Cl)cc(S(N)(=O)=O)cc1Cl. The predicted octanol–water partition coefficient (Wildman–Crippen LogP) is 3.08. The van der Waals surface area contributed by atoms with Crippen molar-refractivity contribution in [2.45, 2.75) is 25.2 Å². The standard InChI is InChI=1S/C13H19Cl2NO4S/c1-9(2)3-4-19-5-6-20-13-11(14)7-10(8-12(13)15)21(16,17)18/h7-9H,3-6H2,1-2H3,(H2,16,17,18). The van der Waals surface area contributed by atoms with Gasteiger partial charge in [0.1, 0.15) is 6.61 Å². The van der Waals surface area contributed by atoms with E-state index in [0.29, 0.717) is 19.1 Å². The molecule has 8 heteroatoms. The highest BCUT2D eigenvalue weighted by Crippen LogP contribution is 2.35. The van der Waals surface area contributed by atoms with Crippen LogP contribution in [0.3, 0.4) is 0 Å². The topological polar surface area (TPSA) is 78.6 Å². The summed E-state index contributed by atoms with van der Waals surface area (Å²) in [6, 6.07) is 2.41. The largest absolute Gasteiger partial charge is 0.488 e. The summed E-state index contributed by atoms with van der Waals surface area (Å²) in [6.07, 6.45) is 0.977. The van der Waals surface area contributed by atoms with Gasteiger partial charge in [0.15, 0.2) is 5.75 Å². The van der Waals surface area contributed by atoms with Crippen molar-refractivity contribution in [3.63, 3.8) is 0 Å². The number of hydrogen-bond donors (Lipinski definition) is 1. The Morgan fingerprint density at radius 1 is 1.14 bits per heavy atom. The fourth-order valence-electron chi connectivity index (χ4n) is 1.46. The van der Waals surface area contributed by atoms with Gasteiger partial charge in [0.25, 0.3) is 0 Å². The number of hydrogen-bond acceptors (Lipinski definition) is 4. The lowest BCUT2D eigenvalue weighted by Crippen LogP contribution is -2.13. The molecule has 120 valence electrons. The van der Waals surface area contributed by atoms with Gasteiger partial charge < -0.3 is 9.47 Å². The Labute approximate surface area is 135 Å². The molecule has 2 N–H and O–H groups in total. The fourth-order valence-corrected chi connectivity index (χ4v) is 2.75. The first-order chi connectivity index (χ1) is 9.71. The molecule has 0 unspecified atom stereocenters. The van der Waals surface area contributed by atoms with E-state index in [1.807, 2.05) is 0 Å². The highest BCUT2D eigenvalue weighted by atomic mass is 35.5. The summed E-state index contributed by atoms with van der Waals surface area (Å²) in [4.78, 5) is -0.155. The Morgan fingerprint density at radius 3 is 2.19 bits per heavy atom. The summed E-state index contributed by atoms with van der Waals surface area (Å²) in [5.41, 5.74) is 0. The van der Waals surface area contributed by atoms with Crippen molar-refractivity contribution in [3.05, 3.63) is 22.2 Å². The molecule has 0 aliphatic rings. The van der Waals surface area contributed by atoms with Gasteiger partial charge in [-0.25, -0.2) is 13.6 Å². The summed E-state index contributed by atoms with van der Waals surface area (Å²) >= 11 is 11.9. The minimum atomic E-state index is -3.85. The molecule has 0 amide bonds. The molecule has 1 aromatic rings. The smallest absolute Gasteiger partial charge is 0.238 e. The molecule has 0 saturated heterocycles. The lowest BCUT2D eigenvalue weighted by molar-refractivity contribution is 0.0926. The maximum Gasteiger partial charge on any atom is 0.238 e. The zero-order valence-electron chi connectivity index (χ0n) is 11.9. The molecule has 0 bridgehead atoms. The lowest BCUT2D eigenvalue weighted by atomic mass is 10.1. The molecule has 0 heterocycles. The van der Waals surface area contributed by atoms with E-state index in [1.54, 1.807) is 0 Å². The van der Waals surface area contributed by atoms with Gasteiger partial charge in [0.2, 0.25) is 10.0 Å². The van der Waals surface area contributed by atoms with Gasteiger partial charge in [-0.1, -0.05) is 37.0 Å². The summed E-state index contributed by atoms with van der Waals surface area (Å²) < 4.78 is 33.3. The molecule has 0 aliphatic heterocycles. The number of rotatable bonds is 8. The van der Waals surface area contributed by atoms with Crippen LogP contribution in [0, 0.1) is 5.92 Å². The van der Waals surface area contributed by atoms with E-state index in [9.17, 15) is 8.42 Å². The molecule has 1 aromatic carbocycles. The van der Waals surface area contributed by atoms with Crippen molar-refractivity contribution in [2.75, 3.05) is 19.8 Å². The van der Waals surface area contributed by atoms with Gasteiger partial charge in [0.05, 0.1) is 21.5 Å². The van der Waals surface area contributed by atoms with Crippen LogP contribution in [0.4, 0.5) is 0 Å². The third kappa shape index (κ3) is 6.40. The highest BCUT2D eigenvalue weighted by molar-refractivity contribution is 7.89. The predicted molar refractivity (Wildman–Crippen MR) is 83.6 cm³/mol. The zero-order chi connectivity index (χ0) is 16.0. The second-order valence-electron chi connectivity index (χ2n) is 4.90. The van der Waals surface area contributed by atoms with Gasteiger partial charge in [0, 0.05) is 6.61 Å². The average Bonchev–Trinajstić information content (AvgIpc) is 2.34. The van der Waals surface area contributed by atoms with E-state index < -0.39 is 10.0 Å². The van der Waals surface area contributed by atoms with Crippen LogP contribution < -0.4 is 9.88 Å². The number of ether oxygens (including phenoxy) is 2. The Kier molecular flexibility index (Phi) is 7.23. The fraction of sp³-hybridized carbons (Fsp3) is 0.538. The lowest BCUT2D eigenvalue weighted by Gasteiger charge is -2.12. The monoisotopic (exact) mass is 355 g/mol. The first kappa shape index (κ1) is 18.5. The number of halogens is 2. The van der Waals surface area contributed by atoms with Gasteiger partial charge in [-0.15, -0.1) is 0 Å². The molecular weight excluding hydrogens is 337 g/mol. The molecule has 21 heavy (non-hydrogen) atoms. The summed E-state index contributed by atoms with van der Waals surface area (Å²) in [6.45, 7) is 5.56. The van der Waals surface area contributed by atoms with E-state index >= 15 is 0 Å². The van der Waals surface area contributed by atoms with E-state index in [0.717, 1.165) is 6.42 Å². The number of benzene rings is 1. The Hall–Kier alpha value is -0.530. The molecule has 1 rings (SSSR count). The molecule has 0 aromatic heterocycles. The van der Waals surface area contributed by atoms with Crippen LogP contribution in [-0.4, -0.2) is 28.2 Å². The van der Waals surface area contributed by atoms with Crippen LogP contribution >= 0.6 is 23.2 Å². The molecule has 0 radical (unpaired) electrons. The third-order valence-electron chi connectivity index (χ3n) is 2.61. The third-order valence-corrected chi connectivity index (χ3v) is 4.07. The molecular formula is C13H19Cl2NO4S. The molecule has 0 saturated carbocycles. The van der Waals surface area contributed by atoms with Crippen LogP contribution in [0.2, 0.25) is 10.0 Å². The normalized spacial score (nSPS) is 11.9. The number of sulfonamides is 1. The average molecular weight is 356 g/mol. The second-order valence-corrected chi connectivity index (χ2v) is 7.28. The minimum Gasteiger partial charge on any atom is -0.488 e. The number of nitrogens with two attached hydrogens (primary N) is 1. The van der Waals surface area contributed by atoms with Gasteiger partial charge in [-0.05, 0) is 24.5 Å². The quantitative estimate of drug-likeness (QED) is 0.726. The van der Waals surface area contributed by atoms with E-state index in [4.69, 9.17) is 37.8 Å². The Morgan fingerprint density at radius 2 is 1.71 bits per heavy atom. The second kappa shape index (κ2) is 8.19. The van der Waals surface area contributed by atoms with Crippen LogP contribution in [0.25, 0.3) is 0 Å². The summed E-state index contributed by atoms with van der Waals surface area (Å²) in [5, 5.41) is 5.20. The summed E-state index contributed by atoms with van der Waals surface area (Å²) in [5.74, 6) is 0.804. The van der Waals surface area contributed by atoms with Crippen LogP contribution in [0.15, 0.2) is 17.0 Å². The molecule has 0 spiro atoms.